The average Bonchev–Trinajstić information content (AvgIpc) is 2.47. The number of benzene rings is 1. The minimum absolute atomic E-state index is 0.473. The van der Waals surface area contributed by atoms with Gasteiger partial charge in [0.1, 0.15) is 0 Å². The summed E-state index contributed by atoms with van der Waals surface area (Å²) in [6.45, 7) is 3.98. The van der Waals surface area contributed by atoms with Crippen molar-refractivity contribution in [2.24, 2.45) is 5.92 Å². The van der Waals surface area contributed by atoms with Crippen molar-refractivity contribution in [2.75, 3.05) is 7.05 Å². The first-order chi connectivity index (χ1) is 9.33. The number of rotatable bonds is 6. The van der Waals surface area contributed by atoms with E-state index in [2.05, 4.69) is 36.5 Å². The molecule has 0 saturated heterocycles. The summed E-state index contributed by atoms with van der Waals surface area (Å²) in [5.74, 6) is 0.881. The fourth-order valence-electron chi connectivity index (χ4n) is 3.03. The second-order valence-electron chi connectivity index (χ2n) is 5.67. The van der Waals surface area contributed by atoms with Gasteiger partial charge in [-0.2, -0.15) is 0 Å². The van der Waals surface area contributed by atoms with Crippen LogP contribution in [0.5, 0.6) is 0 Å². The summed E-state index contributed by atoms with van der Waals surface area (Å²) >= 11 is 0. The SMILES string of the molecule is CCC1CCCC(OCc2ccccc2CNC)C1. The van der Waals surface area contributed by atoms with Gasteiger partial charge in [-0.15, -0.1) is 0 Å². The molecular weight excluding hydrogens is 234 g/mol. The number of hydrogen-bond donors (Lipinski definition) is 1. The highest BCUT2D eigenvalue weighted by Crippen LogP contribution is 2.29. The highest BCUT2D eigenvalue weighted by Gasteiger charge is 2.21. The lowest BCUT2D eigenvalue weighted by molar-refractivity contribution is 0.00147. The zero-order valence-electron chi connectivity index (χ0n) is 12.3. The maximum Gasteiger partial charge on any atom is 0.0723 e. The topological polar surface area (TPSA) is 21.3 Å². The molecule has 0 heterocycles. The summed E-state index contributed by atoms with van der Waals surface area (Å²) in [5, 5.41) is 3.22. The van der Waals surface area contributed by atoms with E-state index in [1.165, 1.54) is 43.2 Å². The normalized spacial score (nSPS) is 23.5. The van der Waals surface area contributed by atoms with Crippen LogP contribution in [0.15, 0.2) is 24.3 Å². The van der Waals surface area contributed by atoms with E-state index in [1.54, 1.807) is 0 Å². The standard InChI is InChI=1S/C17H27NO/c1-3-14-7-6-10-17(11-14)19-13-16-9-5-4-8-15(16)12-18-2/h4-5,8-9,14,17-18H,3,6-7,10-13H2,1-2H3. The molecule has 0 bridgehead atoms. The van der Waals surface area contributed by atoms with Crippen LogP contribution in [-0.2, 0) is 17.9 Å². The van der Waals surface area contributed by atoms with E-state index in [1.807, 2.05) is 7.05 Å². The largest absolute Gasteiger partial charge is 0.374 e. The Kier molecular flexibility index (Phi) is 5.87. The van der Waals surface area contributed by atoms with Crippen LogP contribution in [0.25, 0.3) is 0 Å². The van der Waals surface area contributed by atoms with Gasteiger partial charge in [0.15, 0.2) is 0 Å². The summed E-state index contributed by atoms with van der Waals surface area (Å²) in [4.78, 5) is 0. The minimum atomic E-state index is 0.473. The third kappa shape index (κ3) is 4.32. The number of hydrogen-bond acceptors (Lipinski definition) is 2. The van der Waals surface area contributed by atoms with E-state index >= 15 is 0 Å². The van der Waals surface area contributed by atoms with Crippen molar-refractivity contribution >= 4 is 0 Å². The molecule has 1 aliphatic rings. The lowest BCUT2D eigenvalue weighted by atomic mass is 9.85. The highest BCUT2D eigenvalue weighted by atomic mass is 16.5. The first-order valence-corrected chi connectivity index (χ1v) is 7.66. The monoisotopic (exact) mass is 261 g/mol. The lowest BCUT2D eigenvalue weighted by Gasteiger charge is -2.28. The van der Waals surface area contributed by atoms with Crippen molar-refractivity contribution in [1.29, 1.82) is 0 Å². The average molecular weight is 261 g/mol. The first-order valence-electron chi connectivity index (χ1n) is 7.66. The van der Waals surface area contributed by atoms with Gasteiger partial charge in [-0.1, -0.05) is 50.5 Å². The van der Waals surface area contributed by atoms with Gasteiger partial charge in [0, 0.05) is 6.54 Å². The molecule has 0 aliphatic heterocycles. The molecule has 1 aromatic rings. The Labute approximate surface area is 117 Å². The van der Waals surface area contributed by atoms with Crippen molar-refractivity contribution in [3.63, 3.8) is 0 Å². The van der Waals surface area contributed by atoms with Crippen molar-refractivity contribution in [3.8, 4) is 0 Å². The van der Waals surface area contributed by atoms with Crippen molar-refractivity contribution in [1.82, 2.24) is 5.32 Å². The Morgan fingerprint density at radius 1 is 1.21 bits per heavy atom. The van der Waals surface area contributed by atoms with E-state index in [-0.39, 0.29) is 0 Å². The molecule has 1 N–H and O–H groups in total. The Morgan fingerprint density at radius 3 is 2.74 bits per heavy atom. The van der Waals surface area contributed by atoms with E-state index in [0.717, 1.165) is 19.1 Å². The van der Waals surface area contributed by atoms with Crippen molar-refractivity contribution < 1.29 is 4.74 Å². The van der Waals surface area contributed by atoms with Gasteiger partial charge in [0.25, 0.3) is 0 Å². The molecule has 2 atom stereocenters. The van der Waals surface area contributed by atoms with Crippen molar-refractivity contribution in [3.05, 3.63) is 35.4 Å². The lowest BCUT2D eigenvalue weighted by Crippen LogP contribution is -2.22. The Balaban J connectivity index is 1.87. The predicted molar refractivity (Wildman–Crippen MR) is 80.0 cm³/mol. The molecule has 0 spiro atoms. The van der Waals surface area contributed by atoms with E-state index in [4.69, 9.17) is 4.74 Å². The summed E-state index contributed by atoms with van der Waals surface area (Å²) in [6.07, 6.45) is 7.00. The van der Waals surface area contributed by atoms with Gasteiger partial charge in [-0.3, -0.25) is 0 Å². The molecule has 2 heteroatoms. The van der Waals surface area contributed by atoms with Gasteiger partial charge in [-0.25, -0.2) is 0 Å². The van der Waals surface area contributed by atoms with Crippen LogP contribution < -0.4 is 5.32 Å². The number of ether oxygens (including phenoxy) is 1. The molecule has 1 saturated carbocycles. The van der Waals surface area contributed by atoms with Gasteiger partial charge in [-0.05, 0) is 36.9 Å². The Hall–Kier alpha value is -0.860. The third-order valence-electron chi connectivity index (χ3n) is 4.27. The smallest absolute Gasteiger partial charge is 0.0723 e. The molecule has 2 nitrogen and oxygen atoms in total. The molecule has 2 unspecified atom stereocenters. The van der Waals surface area contributed by atoms with Gasteiger partial charge < -0.3 is 10.1 Å². The number of nitrogens with one attached hydrogen (secondary N) is 1. The van der Waals surface area contributed by atoms with Crippen LogP contribution >= 0.6 is 0 Å². The predicted octanol–water partition coefficient (Wildman–Crippen LogP) is 3.89. The van der Waals surface area contributed by atoms with Crippen LogP contribution in [0.1, 0.15) is 50.2 Å². The van der Waals surface area contributed by atoms with Gasteiger partial charge in [0.2, 0.25) is 0 Å². The molecular formula is C17H27NO. The van der Waals surface area contributed by atoms with Crippen molar-refractivity contribution in [2.45, 2.75) is 58.3 Å². The fraction of sp³-hybridized carbons (Fsp3) is 0.647. The molecule has 0 aromatic heterocycles. The summed E-state index contributed by atoms with van der Waals surface area (Å²) in [7, 11) is 1.99. The zero-order valence-corrected chi connectivity index (χ0v) is 12.3. The summed E-state index contributed by atoms with van der Waals surface area (Å²) in [5.41, 5.74) is 2.68. The maximum atomic E-state index is 6.16. The zero-order chi connectivity index (χ0) is 13.5. The first kappa shape index (κ1) is 14.5. The minimum Gasteiger partial charge on any atom is -0.374 e. The van der Waals surface area contributed by atoms with Crippen LogP contribution in [0.2, 0.25) is 0 Å². The maximum absolute atomic E-state index is 6.16. The Morgan fingerprint density at radius 2 is 2.00 bits per heavy atom. The molecule has 1 aliphatic carbocycles. The third-order valence-corrected chi connectivity index (χ3v) is 4.27. The van der Waals surface area contributed by atoms with E-state index < -0.39 is 0 Å². The second kappa shape index (κ2) is 7.66. The Bertz CT molecular complexity index is 377. The highest BCUT2D eigenvalue weighted by molar-refractivity contribution is 5.26. The molecule has 2 rings (SSSR count). The van der Waals surface area contributed by atoms with Crippen LogP contribution in [-0.4, -0.2) is 13.2 Å². The van der Waals surface area contributed by atoms with Gasteiger partial charge >= 0.3 is 0 Å². The van der Waals surface area contributed by atoms with Gasteiger partial charge in [0.05, 0.1) is 12.7 Å². The van der Waals surface area contributed by atoms with Crippen LogP contribution in [0.3, 0.4) is 0 Å². The second-order valence-corrected chi connectivity index (χ2v) is 5.67. The van der Waals surface area contributed by atoms with Crippen LogP contribution in [0, 0.1) is 5.92 Å². The summed E-state index contributed by atoms with van der Waals surface area (Å²) in [6, 6.07) is 8.58. The van der Waals surface area contributed by atoms with E-state index in [0.29, 0.717) is 6.10 Å². The fourth-order valence-corrected chi connectivity index (χ4v) is 3.03. The quantitative estimate of drug-likeness (QED) is 0.838. The molecule has 0 amide bonds. The van der Waals surface area contributed by atoms with Crippen LogP contribution in [0.4, 0.5) is 0 Å². The molecule has 1 aromatic carbocycles. The molecule has 0 radical (unpaired) electrons. The summed E-state index contributed by atoms with van der Waals surface area (Å²) < 4.78 is 6.16. The molecule has 1 fully saturated rings. The van der Waals surface area contributed by atoms with E-state index in [9.17, 15) is 0 Å². The molecule has 19 heavy (non-hydrogen) atoms. The molecule has 106 valence electrons.